The third kappa shape index (κ3) is 3.49. The second kappa shape index (κ2) is 4.32. The molecule has 0 heterocycles. The molecular weight excluding hydrogens is 120 g/mol. The Labute approximate surface area is 64.6 Å². The van der Waals surface area contributed by atoms with E-state index in [0.717, 1.165) is 12.0 Å². The molecule has 0 aliphatic rings. The lowest BCUT2D eigenvalue weighted by molar-refractivity contribution is 0.731. The third-order valence-corrected chi connectivity index (χ3v) is 1.58. The van der Waals surface area contributed by atoms with Crippen LogP contribution in [0.5, 0.6) is 0 Å². The van der Waals surface area contributed by atoms with Crippen molar-refractivity contribution in [1.82, 2.24) is 0 Å². The van der Waals surface area contributed by atoms with E-state index in [-0.39, 0.29) is 0 Å². The number of hydrogen-bond donors (Lipinski definition) is 0. The first kappa shape index (κ1) is 9.48. The van der Waals surface area contributed by atoms with E-state index in [1.54, 1.807) is 0 Å². The SMILES string of the molecule is C=C(C)/C=C(\CC)C(C)C. The first-order chi connectivity index (χ1) is 4.57. The summed E-state index contributed by atoms with van der Waals surface area (Å²) in [6.07, 6.45) is 3.33. The highest BCUT2D eigenvalue weighted by atomic mass is 14.0. The van der Waals surface area contributed by atoms with E-state index in [4.69, 9.17) is 0 Å². The number of hydrogen-bond acceptors (Lipinski definition) is 0. The second-order valence-corrected chi connectivity index (χ2v) is 3.07. The number of rotatable bonds is 3. The Balaban J connectivity index is 4.18. The smallest absolute Gasteiger partial charge is 0.0257 e. The van der Waals surface area contributed by atoms with Crippen LogP contribution in [0.3, 0.4) is 0 Å². The molecule has 0 aliphatic carbocycles. The standard InChI is InChI=1S/C10H18/c1-6-10(9(4)5)7-8(2)3/h7,9H,2,6H2,1,3-5H3/b10-7+. The van der Waals surface area contributed by atoms with Crippen LogP contribution < -0.4 is 0 Å². The molecule has 0 unspecified atom stereocenters. The molecular formula is C10H18. The van der Waals surface area contributed by atoms with Gasteiger partial charge in [-0.15, -0.1) is 0 Å². The summed E-state index contributed by atoms with van der Waals surface area (Å²) in [5, 5.41) is 0. The molecule has 0 aromatic heterocycles. The summed E-state index contributed by atoms with van der Waals surface area (Å²) in [7, 11) is 0. The Morgan fingerprint density at radius 1 is 1.50 bits per heavy atom. The van der Waals surface area contributed by atoms with Gasteiger partial charge in [-0.05, 0) is 19.3 Å². The highest BCUT2D eigenvalue weighted by molar-refractivity contribution is 5.19. The zero-order valence-electron chi connectivity index (χ0n) is 7.57. The molecule has 0 spiro atoms. The molecule has 0 aromatic carbocycles. The minimum absolute atomic E-state index is 0.668. The summed E-state index contributed by atoms with van der Waals surface area (Å²) in [4.78, 5) is 0. The van der Waals surface area contributed by atoms with Gasteiger partial charge in [0, 0.05) is 0 Å². The lowest BCUT2D eigenvalue weighted by Gasteiger charge is -2.07. The number of allylic oxidation sites excluding steroid dienone is 3. The van der Waals surface area contributed by atoms with Crippen LogP contribution in [0.1, 0.15) is 34.1 Å². The Morgan fingerprint density at radius 2 is 2.00 bits per heavy atom. The molecule has 0 rings (SSSR count). The van der Waals surface area contributed by atoms with Crippen LogP contribution in [-0.2, 0) is 0 Å². The van der Waals surface area contributed by atoms with E-state index in [2.05, 4.69) is 33.4 Å². The van der Waals surface area contributed by atoms with Crippen molar-refractivity contribution in [3.63, 3.8) is 0 Å². The first-order valence-corrected chi connectivity index (χ1v) is 3.93. The van der Waals surface area contributed by atoms with E-state index in [0.29, 0.717) is 5.92 Å². The Morgan fingerprint density at radius 3 is 2.10 bits per heavy atom. The van der Waals surface area contributed by atoms with Gasteiger partial charge in [0.05, 0.1) is 0 Å². The van der Waals surface area contributed by atoms with Crippen LogP contribution in [0, 0.1) is 5.92 Å². The Hall–Kier alpha value is -0.520. The molecule has 0 amide bonds. The van der Waals surface area contributed by atoms with Crippen molar-refractivity contribution in [2.45, 2.75) is 34.1 Å². The van der Waals surface area contributed by atoms with E-state index >= 15 is 0 Å². The third-order valence-electron chi connectivity index (χ3n) is 1.58. The summed E-state index contributed by atoms with van der Waals surface area (Å²) in [5.41, 5.74) is 2.65. The predicted octanol–water partition coefficient (Wildman–Crippen LogP) is 3.55. The van der Waals surface area contributed by atoms with Gasteiger partial charge < -0.3 is 0 Å². The topological polar surface area (TPSA) is 0 Å². The van der Waals surface area contributed by atoms with Crippen molar-refractivity contribution < 1.29 is 0 Å². The molecule has 10 heavy (non-hydrogen) atoms. The Bertz CT molecular complexity index is 138. The minimum Gasteiger partial charge on any atom is -0.0961 e. The van der Waals surface area contributed by atoms with Crippen molar-refractivity contribution >= 4 is 0 Å². The van der Waals surface area contributed by atoms with Crippen molar-refractivity contribution in [3.05, 3.63) is 23.8 Å². The average molecular weight is 138 g/mol. The van der Waals surface area contributed by atoms with Crippen LogP contribution in [-0.4, -0.2) is 0 Å². The van der Waals surface area contributed by atoms with E-state index in [1.807, 2.05) is 6.92 Å². The molecule has 0 N–H and O–H groups in total. The normalized spacial score (nSPS) is 12.3. The summed E-state index contributed by atoms with van der Waals surface area (Å²) < 4.78 is 0. The van der Waals surface area contributed by atoms with E-state index in [1.165, 1.54) is 5.57 Å². The van der Waals surface area contributed by atoms with Gasteiger partial charge in [-0.1, -0.05) is 44.6 Å². The average Bonchev–Trinajstić information content (AvgIpc) is 1.81. The highest BCUT2D eigenvalue weighted by Crippen LogP contribution is 2.14. The van der Waals surface area contributed by atoms with Crippen molar-refractivity contribution in [2.24, 2.45) is 5.92 Å². The van der Waals surface area contributed by atoms with E-state index < -0.39 is 0 Å². The molecule has 0 aliphatic heterocycles. The van der Waals surface area contributed by atoms with Gasteiger partial charge in [-0.25, -0.2) is 0 Å². The summed E-state index contributed by atoms with van der Waals surface area (Å²) in [6, 6.07) is 0. The van der Waals surface area contributed by atoms with Crippen LogP contribution in [0.4, 0.5) is 0 Å². The first-order valence-electron chi connectivity index (χ1n) is 3.93. The van der Waals surface area contributed by atoms with Crippen molar-refractivity contribution in [2.75, 3.05) is 0 Å². The van der Waals surface area contributed by atoms with Crippen molar-refractivity contribution in [3.8, 4) is 0 Å². The largest absolute Gasteiger partial charge is 0.0961 e. The fraction of sp³-hybridized carbons (Fsp3) is 0.600. The van der Waals surface area contributed by atoms with Gasteiger partial charge in [-0.2, -0.15) is 0 Å². The van der Waals surface area contributed by atoms with Crippen LogP contribution in [0.2, 0.25) is 0 Å². The predicted molar refractivity (Wildman–Crippen MR) is 48.0 cm³/mol. The van der Waals surface area contributed by atoms with Gasteiger partial charge in [0.15, 0.2) is 0 Å². The molecule has 0 bridgehead atoms. The highest BCUT2D eigenvalue weighted by Gasteiger charge is 1.98. The van der Waals surface area contributed by atoms with Gasteiger partial charge in [0.25, 0.3) is 0 Å². The van der Waals surface area contributed by atoms with Gasteiger partial charge in [0.1, 0.15) is 0 Å². The molecule has 0 saturated heterocycles. The van der Waals surface area contributed by atoms with Crippen LogP contribution in [0.15, 0.2) is 23.8 Å². The molecule has 0 nitrogen and oxygen atoms in total. The molecule has 0 fully saturated rings. The maximum Gasteiger partial charge on any atom is -0.0257 e. The molecule has 0 saturated carbocycles. The lowest BCUT2D eigenvalue weighted by atomic mass is 9.99. The molecule has 0 atom stereocenters. The van der Waals surface area contributed by atoms with Gasteiger partial charge in [0.2, 0.25) is 0 Å². The lowest BCUT2D eigenvalue weighted by Crippen LogP contribution is -1.91. The quantitative estimate of drug-likeness (QED) is 0.523. The monoisotopic (exact) mass is 138 g/mol. The van der Waals surface area contributed by atoms with Crippen molar-refractivity contribution in [1.29, 1.82) is 0 Å². The molecule has 0 radical (unpaired) electrons. The summed E-state index contributed by atoms with van der Waals surface area (Å²) in [6.45, 7) is 12.5. The molecule has 58 valence electrons. The zero-order chi connectivity index (χ0) is 8.15. The fourth-order valence-corrected chi connectivity index (χ4v) is 0.993. The molecule has 0 heteroatoms. The van der Waals surface area contributed by atoms with Crippen LogP contribution >= 0.6 is 0 Å². The van der Waals surface area contributed by atoms with E-state index in [9.17, 15) is 0 Å². The van der Waals surface area contributed by atoms with Crippen LogP contribution in [0.25, 0.3) is 0 Å². The second-order valence-electron chi connectivity index (χ2n) is 3.07. The Kier molecular flexibility index (Phi) is 4.10. The van der Waals surface area contributed by atoms with Gasteiger partial charge in [-0.3, -0.25) is 0 Å². The fourth-order valence-electron chi connectivity index (χ4n) is 0.993. The summed E-state index contributed by atoms with van der Waals surface area (Å²) in [5.74, 6) is 0.668. The minimum atomic E-state index is 0.668. The zero-order valence-corrected chi connectivity index (χ0v) is 7.57. The van der Waals surface area contributed by atoms with Gasteiger partial charge >= 0.3 is 0 Å². The summed E-state index contributed by atoms with van der Waals surface area (Å²) >= 11 is 0. The maximum absolute atomic E-state index is 3.85. The molecule has 0 aromatic rings. The maximum atomic E-state index is 3.85.